The van der Waals surface area contributed by atoms with Crippen molar-refractivity contribution in [2.75, 3.05) is 26.2 Å². The molecule has 22 heavy (non-hydrogen) atoms. The summed E-state index contributed by atoms with van der Waals surface area (Å²) in [6, 6.07) is -0.186. The Morgan fingerprint density at radius 1 is 1.23 bits per heavy atom. The molecular formula is C17H32N2O3. The second-order valence-electron chi connectivity index (χ2n) is 6.69. The van der Waals surface area contributed by atoms with Gasteiger partial charge < -0.3 is 20.1 Å². The van der Waals surface area contributed by atoms with Gasteiger partial charge in [0, 0.05) is 6.54 Å². The van der Waals surface area contributed by atoms with Crippen molar-refractivity contribution in [3.05, 3.63) is 0 Å². The van der Waals surface area contributed by atoms with Gasteiger partial charge in [-0.3, -0.25) is 4.79 Å². The van der Waals surface area contributed by atoms with Gasteiger partial charge in [0.15, 0.2) is 0 Å². The SMILES string of the molecule is CCC(OC1CCCCC1)C(=O)NC(CO)CN1CCCC1. The molecule has 0 bridgehead atoms. The Bertz CT molecular complexity index is 326. The fraction of sp³-hybridized carbons (Fsp3) is 0.941. The lowest BCUT2D eigenvalue weighted by Gasteiger charge is -2.28. The lowest BCUT2D eigenvalue weighted by atomic mass is 9.97. The molecule has 0 aromatic carbocycles. The van der Waals surface area contributed by atoms with Gasteiger partial charge in [0.05, 0.1) is 18.8 Å². The predicted molar refractivity (Wildman–Crippen MR) is 86.7 cm³/mol. The zero-order valence-electron chi connectivity index (χ0n) is 13.9. The molecular weight excluding hydrogens is 280 g/mol. The van der Waals surface area contributed by atoms with E-state index >= 15 is 0 Å². The van der Waals surface area contributed by atoms with Crippen LogP contribution >= 0.6 is 0 Å². The van der Waals surface area contributed by atoms with Gasteiger partial charge in [0.2, 0.25) is 5.91 Å². The highest BCUT2D eigenvalue weighted by Gasteiger charge is 2.26. The van der Waals surface area contributed by atoms with Crippen LogP contribution in [-0.4, -0.2) is 60.4 Å². The summed E-state index contributed by atoms with van der Waals surface area (Å²) < 4.78 is 6.01. The number of nitrogens with zero attached hydrogens (tertiary/aromatic N) is 1. The lowest BCUT2D eigenvalue weighted by Crippen LogP contribution is -2.49. The highest BCUT2D eigenvalue weighted by atomic mass is 16.5. The van der Waals surface area contributed by atoms with Crippen LogP contribution in [0.15, 0.2) is 0 Å². The van der Waals surface area contributed by atoms with Gasteiger partial charge in [-0.15, -0.1) is 0 Å². The number of aliphatic hydroxyl groups is 1. The molecule has 1 saturated carbocycles. The molecule has 0 aromatic rings. The molecule has 2 N–H and O–H groups in total. The smallest absolute Gasteiger partial charge is 0.249 e. The number of ether oxygens (including phenoxy) is 1. The maximum Gasteiger partial charge on any atom is 0.249 e. The first-order valence-electron chi connectivity index (χ1n) is 9.02. The van der Waals surface area contributed by atoms with Gasteiger partial charge in [0.1, 0.15) is 6.10 Å². The summed E-state index contributed by atoms with van der Waals surface area (Å²) >= 11 is 0. The predicted octanol–water partition coefficient (Wildman–Crippen LogP) is 1.69. The molecule has 0 aromatic heterocycles. The number of carbonyl (C=O) groups excluding carboxylic acids is 1. The fourth-order valence-electron chi connectivity index (χ4n) is 3.50. The maximum atomic E-state index is 12.4. The second kappa shape index (κ2) is 9.48. The van der Waals surface area contributed by atoms with E-state index in [0.29, 0.717) is 6.42 Å². The second-order valence-corrected chi connectivity index (χ2v) is 6.69. The summed E-state index contributed by atoms with van der Waals surface area (Å²) in [6.45, 7) is 4.86. The van der Waals surface area contributed by atoms with Crippen molar-refractivity contribution in [2.45, 2.75) is 76.5 Å². The monoisotopic (exact) mass is 312 g/mol. The number of nitrogens with one attached hydrogen (secondary N) is 1. The molecule has 128 valence electrons. The van der Waals surface area contributed by atoms with Gasteiger partial charge in [-0.1, -0.05) is 26.2 Å². The normalized spacial score (nSPS) is 23.4. The molecule has 1 aliphatic carbocycles. The summed E-state index contributed by atoms with van der Waals surface area (Å²) in [4.78, 5) is 14.7. The molecule has 1 heterocycles. The van der Waals surface area contributed by atoms with Crippen LogP contribution in [0.3, 0.4) is 0 Å². The van der Waals surface area contributed by atoms with Crippen LogP contribution in [0.2, 0.25) is 0 Å². The van der Waals surface area contributed by atoms with Crippen molar-refractivity contribution in [3.8, 4) is 0 Å². The van der Waals surface area contributed by atoms with E-state index in [2.05, 4.69) is 10.2 Å². The molecule has 2 fully saturated rings. The summed E-state index contributed by atoms with van der Waals surface area (Å²) in [6.07, 6.45) is 8.81. The molecule has 2 rings (SSSR count). The fourth-order valence-corrected chi connectivity index (χ4v) is 3.50. The lowest BCUT2D eigenvalue weighted by molar-refractivity contribution is -0.139. The van der Waals surface area contributed by atoms with E-state index in [-0.39, 0.29) is 30.8 Å². The van der Waals surface area contributed by atoms with E-state index in [9.17, 15) is 9.90 Å². The van der Waals surface area contributed by atoms with Crippen molar-refractivity contribution in [1.29, 1.82) is 0 Å². The molecule has 2 atom stereocenters. The Kier molecular flexibility index (Phi) is 7.63. The quantitative estimate of drug-likeness (QED) is 0.716. The Hall–Kier alpha value is -0.650. The molecule has 0 spiro atoms. The molecule has 5 nitrogen and oxygen atoms in total. The van der Waals surface area contributed by atoms with Crippen LogP contribution in [-0.2, 0) is 9.53 Å². The van der Waals surface area contributed by atoms with Crippen LogP contribution in [0.5, 0.6) is 0 Å². The van der Waals surface area contributed by atoms with Crippen LogP contribution in [0, 0.1) is 0 Å². The van der Waals surface area contributed by atoms with Gasteiger partial charge >= 0.3 is 0 Å². The summed E-state index contributed by atoms with van der Waals surface area (Å²) in [7, 11) is 0. The van der Waals surface area contributed by atoms with Crippen molar-refractivity contribution in [3.63, 3.8) is 0 Å². The number of hydrogen-bond donors (Lipinski definition) is 2. The van der Waals surface area contributed by atoms with Crippen LogP contribution in [0.1, 0.15) is 58.3 Å². The van der Waals surface area contributed by atoms with Gasteiger partial charge in [-0.05, 0) is 45.2 Å². The Balaban J connectivity index is 1.78. The van der Waals surface area contributed by atoms with Crippen LogP contribution in [0.4, 0.5) is 0 Å². The largest absolute Gasteiger partial charge is 0.394 e. The van der Waals surface area contributed by atoms with Gasteiger partial charge in [-0.25, -0.2) is 0 Å². The van der Waals surface area contributed by atoms with Crippen molar-refractivity contribution >= 4 is 5.91 Å². The number of likely N-dealkylation sites (tertiary alicyclic amines) is 1. The number of rotatable bonds is 8. The van der Waals surface area contributed by atoms with Crippen molar-refractivity contribution < 1.29 is 14.6 Å². The molecule has 2 unspecified atom stereocenters. The minimum atomic E-state index is -0.379. The number of hydrogen-bond acceptors (Lipinski definition) is 4. The maximum absolute atomic E-state index is 12.4. The average molecular weight is 312 g/mol. The van der Waals surface area contributed by atoms with E-state index in [1.165, 1.54) is 32.1 Å². The summed E-state index contributed by atoms with van der Waals surface area (Å²) in [5.41, 5.74) is 0. The number of carbonyl (C=O) groups is 1. The van der Waals surface area contributed by atoms with Crippen LogP contribution in [0.25, 0.3) is 0 Å². The van der Waals surface area contributed by atoms with Gasteiger partial charge in [-0.2, -0.15) is 0 Å². The molecule has 0 radical (unpaired) electrons. The molecule has 2 aliphatic rings. The number of amides is 1. The van der Waals surface area contributed by atoms with E-state index in [0.717, 1.165) is 32.5 Å². The standard InChI is InChI=1S/C17H32N2O3/c1-2-16(22-15-8-4-3-5-9-15)17(21)18-14(13-20)12-19-10-6-7-11-19/h14-16,20H,2-13H2,1H3,(H,18,21). The Morgan fingerprint density at radius 2 is 1.91 bits per heavy atom. The Morgan fingerprint density at radius 3 is 2.50 bits per heavy atom. The third-order valence-electron chi connectivity index (χ3n) is 4.82. The van der Waals surface area contributed by atoms with Crippen molar-refractivity contribution in [2.24, 2.45) is 0 Å². The third-order valence-corrected chi connectivity index (χ3v) is 4.82. The summed E-state index contributed by atoms with van der Waals surface area (Å²) in [5, 5.41) is 12.5. The molecule has 1 amide bonds. The van der Waals surface area contributed by atoms with E-state index in [1.807, 2.05) is 6.92 Å². The zero-order valence-corrected chi connectivity index (χ0v) is 13.9. The Labute approximate surface area is 134 Å². The molecule has 1 aliphatic heterocycles. The summed E-state index contributed by atoms with van der Waals surface area (Å²) in [5.74, 6) is -0.0636. The first-order valence-corrected chi connectivity index (χ1v) is 9.02. The average Bonchev–Trinajstić information content (AvgIpc) is 3.05. The van der Waals surface area contributed by atoms with Gasteiger partial charge in [0.25, 0.3) is 0 Å². The highest BCUT2D eigenvalue weighted by molar-refractivity contribution is 5.81. The van der Waals surface area contributed by atoms with E-state index in [4.69, 9.17) is 4.74 Å². The van der Waals surface area contributed by atoms with Crippen LogP contribution < -0.4 is 5.32 Å². The first-order chi connectivity index (χ1) is 10.7. The topological polar surface area (TPSA) is 61.8 Å². The number of aliphatic hydroxyl groups excluding tert-OH is 1. The molecule has 5 heteroatoms. The minimum absolute atomic E-state index is 0.0118. The molecule has 1 saturated heterocycles. The highest BCUT2D eigenvalue weighted by Crippen LogP contribution is 2.22. The zero-order chi connectivity index (χ0) is 15.8. The third kappa shape index (κ3) is 5.52. The minimum Gasteiger partial charge on any atom is -0.394 e. The van der Waals surface area contributed by atoms with E-state index in [1.54, 1.807) is 0 Å². The van der Waals surface area contributed by atoms with Crippen molar-refractivity contribution in [1.82, 2.24) is 10.2 Å². The van der Waals surface area contributed by atoms with E-state index < -0.39 is 0 Å². The first kappa shape index (κ1) is 17.7.